The van der Waals surface area contributed by atoms with Gasteiger partial charge < -0.3 is 4.90 Å². The average Bonchev–Trinajstić information content (AvgIpc) is 2.75. The zero-order chi connectivity index (χ0) is 12.4. The van der Waals surface area contributed by atoms with Crippen molar-refractivity contribution in [2.45, 2.75) is 13.3 Å². The summed E-state index contributed by atoms with van der Waals surface area (Å²) in [6.07, 6.45) is 1.08. The van der Waals surface area contributed by atoms with Crippen molar-refractivity contribution >= 4 is 33.4 Å². The van der Waals surface area contributed by atoms with E-state index < -0.39 is 0 Å². The van der Waals surface area contributed by atoms with Crippen LogP contribution in [0.2, 0.25) is 5.02 Å². The van der Waals surface area contributed by atoms with Crippen LogP contribution >= 0.6 is 27.5 Å². The summed E-state index contributed by atoms with van der Waals surface area (Å²) in [6.45, 7) is 3.64. The standard InChI is InChI=1S/C13H15BrClNO/c1-9-4-11(6-12(15)5-9)13(17)16-3-2-10(7-14)8-16/h4-6,10H,2-3,7-8H2,1H3. The topological polar surface area (TPSA) is 20.3 Å². The second-order valence-corrected chi connectivity index (χ2v) is 5.66. The Balaban J connectivity index is 2.14. The monoisotopic (exact) mass is 315 g/mol. The maximum atomic E-state index is 12.3. The Morgan fingerprint density at radius 3 is 2.88 bits per heavy atom. The first-order valence-electron chi connectivity index (χ1n) is 5.72. The Bertz CT molecular complexity index is 415. The second kappa shape index (κ2) is 5.40. The molecule has 2 rings (SSSR count). The lowest BCUT2D eigenvalue weighted by Crippen LogP contribution is -2.28. The third-order valence-electron chi connectivity index (χ3n) is 3.08. The number of hydrogen-bond acceptors (Lipinski definition) is 1. The quantitative estimate of drug-likeness (QED) is 0.765. The summed E-state index contributed by atoms with van der Waals surface area (Å²) in [5, 5.41) is 1.59. The molecule has 1 aromatic carbocycles. The minimum Gasteiger partial charge on any atom is -0.338 e. The maximum Gasteiger partial charge on any atom is 0.253 e. The van der Waals surface area contributed by atoms with E-state index in [1.165, 1.54) is 0 Å². The molecule has 2 nitrogen and oxygen atoms in total. The summed E-state index contributed by atoms with van der Waals surface area (Å²) in [5.74, 6) is 0.679. The van der Waals surface area contributed by atoms with Crippen molar-refractivity contribution in [3.63, 3.8) is 0 Å². The summed E-state index contributed by atoms with van der Waals surface area (Å²) in [7, 11) is 0. The highest BCUT2D eigenvalue weighted by atomic mass is 79.9. The molecule has 1 atom stereocenters. The van der Waals surface area contributed by atoms with Crippen LogP contribution in [-0.4, -0.2) is 29.2 Å². The van der Waals surface area contributed by atoms with Crippen molar-refractivity contribution < 1.29 is 4.79 Å². The molecule has 1 heterocycles. The van der Waals surface area contributed by atoms with Crippen LogP contribution < -0.4 is 0 Å². The third kappa shape index (κ3) is 3.02. The number of hydrogen-bond donors (Lipinski definition) is 0. The molecule has 0 bridgehead atoms. The van der Waals surface area contributed by atoms with Gasteiger partial charge >= 0.3 is 0 Å². The number of nitrogens with zero attached hydrogens (tertiary/aromatic N) is 1. The SMILES string of the molecule is Cc1cc(Cl)cc(C(=O)N2CCC(CBr)C2)c1. The molecule has 0 aliphatic carbocycles. The molecule has 1 aliphatic heterocycles. The minimum atomic E-state index is 0.0963. The molecule has 17 heavy (non-hydrogen) atoms. The summed E-state index contributed by atoms with van der Waals surface area (Å²) < 4.78 is 0. The molecular formula is C13H15BrClNO. The average molecular weight is 317 g/mol. The van der Waals surface area contributed by atoms with Crippen LogP contribution in [0.25, 0.3) is 0 Å². The van der Waals surface area contributed by atoms with Crippen molar-refractivity contribution in [2.75, 3.05) is 18.4 Å². The zero-order valence-corrected chi connectivity index (χ0v) is 12.1. The van der Waals surface area contributed by atoms with E-state index in [4.69, 9.17) is 11.6 Å². The molecule has 0 saturated carbocycles. The lowest BCUT2D eigenvalue weighted by Gasteiger charge is -2.16. The van der Waals surface area contributed by atoms with Gasteiger partial charge in [0.2, 0.25) is 0 Å². The van der Waals surface area contributed by atoms with Crippen molar-refractivity contribution in [2.24, 2.45) is 5.92 Å². The van der Waals surface area contributed by atoms with Crippen LogP contribution in [0.4, 0.5) is 0 Å². The molecule has 4 heteroatoms. The number of carbonyl (C=O) groups is 1. The van der Waals surface area contributed by atoms with E-state index in [9.17, 15) is 4.79 Å². The van der Waals surface area contributed by atoms with Crippen LogP contribution in [0.3, 0.4) is 0 Å². The van der Waals surface area contributed by atoms with Gasteiger partial charge in [-0.3, -0.25) is 4.79 Å². The Morgan fingerprint density at radius 2 is 2.29 bits per heavy atom. The van der Waals surface area contributed by atoms with Gasteiger partial charge in [-0.15, -0.1) is 0 Å². The van der Waals surface area contributed by atoms with Gasteiger partial charge in [-0.05, 0) is 43.0 Å². The number of halogens is 2. The van der Waals surface area contributed by atoms with E-state index in [2.05, 4.69) is 15.9 Å². The fourth-order valence-corrected chi connectivity index (χ4v) is 3.00. The normalized spacial score (nSPS) is 19.7. The van der Waals surface area contributed by atoms with Crippen LogP contribution in [0.5, 0.6) is 0 Å². The fourth-order valence-electron chi connectivity index (χ4n) is 2.19. The molecule has 1 aromatic rings. The highest BCUT2D eigenvalue weighted by molar-refractivity contribution is 9.09. The summed E-state index contributed by atoms with van der Waals surface area (Å²) in [4.78, 5) is 14.2. The van der Waals surface area contributed by atoms with Crippen molar-refractivity contribution in [3.8, 4) is 0 Å². The maximum absolute atomic E-state index is 12.3. The van der Waals surface area contributed by atoms with Gasteiger partial charge in [-0.1, -0.05) is 27.5 Å². The van der Waals surface area contributed by atoms with Gasteiger partial charge in [0.1, 0.15) is 0 Å². The van der Waals surface area contributed by atoms with Crippen LogP contribution in [0.1, 0.15) is 22.3 Å². The number of likely N-dealkylation sites (tertiary alicyclic amines) is 1. The molecule has 1 saturated heterocycles. The van der Waals surface area contributed by atoms with Crippen molar-refractivity contribution in [3.05, 3.63) is 34.3 Å². The van der Waals surface area contributed by atoms with Crippen LogP contribution in [-0.2, 0) is 0 Å². The van der Waals surface area contributed by atoms with E-state index in [1.807, 2.05) is 24.0 Å². The van der Waals surface area contributed by atoms with Gasteiger partial charge in [0, 0.05) is 29.0 Å². The fraction of sp³-hybridized carbons (Fsp3) is 0.462. The lowest BCUT2D eigenvalue weighted by molar-refractivity contribution is 0.0788. The van der Waals surface area contributed by atoms with E-state index in [0.29, 0.717) is 16.5 Å². The molecule has 0 spiro atoms. The van der Waals surface area contributed by atoms with Gasteiger partial charge in [0.05, 0.1) is 0 Å². The highest BCUT2D eigenvalue weighted by Crippen LogP contribution is 2.22. The van der Waals surface area contributed by atoms with Gasteiger partial charge in [-0.2, -0.15) is 0 Å². The Labute approximate surface area is 115 Å². The van der Waals surface area contributed by atoms with Gasteiger partial charge in [-0.25, -0.2) is 0 Å². The smallest absolute Gasteiger partial charge is 0.253 e. The Hall–Kier alpha value is -0.540. The van der Waals surface area contributed by atoms with Crippen molar-refractivity contribution in [1.29, 1.82) is 0 Å². The third-order valence-corrected chi connectivity index (χ3v) is 4.21. The van der Waals surface area contributed by atoms with Gasteiger partial charge in [0.15, 0.2) is 0 Å². The van der Waals surface area contributed by atoms with E-state index >= 15 is 0 Å². The number of rotatable bonds is 2. The Morgan fingerprint density at radius 1 is 1.53 bits per heavy atom. The number of benzene rings is 1. The molecule has 1 aliphatic rings. The largest absolute Gasteiger partial charge is 0.338 e. The number of aryl methyl sites for hydroxylation is 1. The molecule has 1 unspecified atom stereocenters. The van der Waals surface area contributed by atoms with E-state index in [-0.39, 0.29) is 5.91 Å². The second-order valence-electron chi connectivity index (χ2n) is 4.58. The van der Waals surface area contributed by atoms with E-state index in [1.54, 1.807) is 6.07 Å². The Kier molecular flexibility index (Phi) is 4.10. The first kappa shape index (κ1) is 12.9. The zero-order valence-electron chi connectivity index (χ0n) is 9.75. The predicted molar refractivity (Wildman–Crippen MR) is 74.0 cm³/mol. The highest BCUT2D eigenvalue weighted by Gasteiger charge is 2.26. The van der Waals surface area contributed by atoms with Crippen LogP contribution in [0.15, 0.2) is 18.2 Å². The summed E-state index contributed by atoms with van der Waals surface area (Å²) in [6, 6.07) is 5.51. The molecule has 0 aromatic heterocycles. The lowest BCUT2D eigenvalue weighted by atomic mass is 10.1. The summed E-state index contributed by atoms with van der Waals surface area (Å²) >= 11 is 9.45. The van der Waals surface area contributed by atoms with Gasteiger partial charge in [0.25, 0.3) is 5.91 Å². The van der Waals surface area contributed by atoms with E-state index in [0.717, 1.165) is 30.4 Å². The summed E-state index contributed by atoms with van der Waals surface area (Å²) in [5.41, 5.74) is 1.72. The molecule has 1 amide bonds. The molecule has 92 valence electrons. The van der Waals surface area contributed by atoms with Crippen LogP contribution in [0, 0.1) is 12.8 Å². The molecule has 1 fully saturated rings. The first-order chi connectivity index (χ1) is 8.10. The molecular weight excluding hydrogens is 302 g/mol. The minimum absolute atomic E-state index is 0.0963. The number of alkyl halides is 1. The molecule has 0 radical (unpaired) electrons. The predicted octanol–water partition coefficient (Wildman–Crippen LogP) is 3.51. The first-order valence-corrected chi connectivity index (χ1v) is 7.22. The molecule has 0 N–H and O–H groups in total. The number of amides is 1. The van der Waals surface area contributed by atoms with Crippen molar-refractivity contribution in [1.82, 2.24) is 4.90 Å². The number of carbonyl (C=O) groups excluding carboxylic acids is 1.